The van der Waals surface area contributed by atoms with Gasteiger partial charge in [-0.05, 0) is 154 Å². The largest absolute Gasteiger partial charge is 0.492 e. The van der Waals surface area contributed by atoms with Crippen LogP contribution in [0.15, 0.2) is 97.1 Å². The van der Waals surface area contributed by atoms with Gasteiger partial charge in [-0.15, -0.1) is 0 Å². The van der Waals surface area contributed by atoms with E-state index in [1.165, 1.54) is 52.4 Å². The van der Waals surface area contributed by atoms with Crippen molar-refractivity contribution in [3.05, 3.63) is 125 Å². The highest BCUT2D eigenvalue weighted by Gasteiger charge is 2.35. The van der Waals surface area contributed by atoms with Gasteiger partial charge in [0.1, 0.15) is 31.4 Å². The van der Waals surface area contributed by atoms with Crippen molar-refractivity contribution < 1.29 is 52.4 Å². The molecule has 0 amide bonds. The number of ether oxygens (including phenoxy) is 5. The first-order valence-electron chi connectivity index (χ1n) is 24.5. The van der Waals surface area contributed by atoms with E-state index in [2.05, 4.69) is 51.4 Å². The van der Waals surface area contributed by atoms with Crippen LogP contribution in [0.1, 0.15) is 134 Å². The molecule has 0 bridgehead atoms. The molecule has 374 valence electrons. The predicted octanol–water partition coefficient (Wildman–Crippen LogP) is 12.3. The first-order valence-corrected chi connectivity index (χ1v) is 24.5. The molecule has 1 aliphatic rings. The molecule has 1 N–H and O–H groups in total. The molecule has 3 aromatic carbocycles. The molecular formula is C58H75FO10. The monoisotopic (exact) mass is 951 g/mol. The third kappa shape index (κ3) is 16.7. The van der Waals surface area contributed by atoms with Crippen molar-refractivity contribution in [2.45, 2.75) is 131 Å². The van der Waals surface area contributed by atoms with Crippen LogP contribution in [0.5, 0.6) is 5.75 Å². The molecule has 1 aliphatic carbocycles. The van der Waals surface area contributed by atoms with Crippen LogP contribution in [0.4, 0.5) is 4.39 Å². The number of unbranched alkanes of at least 4 members (excludes halogenated alkanes) is 2. The van der Waals surface area contributed by atoms with Crippen molar-refractivity contribution in [3.63, 3.8) is 0 Å². The van der Waals surface area contributed by atoms with Gasteiger partial charge in [0.25, 0.3) is 0 Å². The number of carbonyl (C=O) groups is 4. The number of hydrogen-bond donors (Lipinski definition) is 1. The van der Waals surface area contributed by atoms with Crippen molar-refractivity contribution in [1.29, 1.82) is 0 Å². The lowest BCUT2D eigenvalue weighted by atomic mass is 9.76. The minimum Gasteiger partial charge on any atom is -0.492 e. The molecule has 69 heavy (non-hydrogen) atoms. The van der Waals surface area contributed by atoms with E-state index in [4.69, 9.17) is 23.7 Å². The van der Waals surface area contributed by atoms with E-state index in [-0.39, 0.29) is 55.6 Å². The topological polar surface area (TPSA) is 135 Å². The molecule has 0 unspecified atom stereocenters. The molecule has 0 aliphatic heterocycles. The van der Waals surface area contributed by atoms with E-state index in [9.17, 15) is 24.3 Å². The summed E-state index contributed by atoms with van der Waals surface area (Å²) in [5.41, 5.74) is 6.29. The van der Waals surface area contributed by atoms with Gasteiger partial charge in [-0.25, -0.2) is 23.6 Å². The summed E-state index contributed by atoms with van der Waals surface area (Å²) >= 11 is 0. The Bertz CT molecular complexity index is 2290. The number of halogens is 1. The molecule has 0 radical (unpaired) electrons. The molecule has 0 spiro atoms. The van der Waals surface area contributed by atoms with E-state index in [1.807, 2.05) is 31.2 Å². The Balaban J connectivity index is 1.76. The number of hydrogen-bond acceptors (Lipinski definition) is 10. The van der Waals surface area contributed by atoms with Gasteiger partial charge in [0.05, 0.1) is 25.2 Å². The highest BCUT2D eigenvalue weighted by atomic mass is 19.1. The number of aryl methyl sites for hydroxylation is 3. The van der Waals surface area contributed by atoms with E-state index >= 15 is 4.39 Å². The summed E-state index contributed by atoms with van der Waals surface area (Å²) in [4.78, 5) is 49.5. The molecule has 0 saturated heterocycles. The number of carbonyl (C=O) groups excluding carboxylic acids is 4. The Labute approximate surface area is 410 Å². The zero-order chi connectivity index (χ0) is 50.7. The van der Waals surface area contributed by atoms with Gasteiger partial charge >= 0.3 is 23.9 Å². The van der Waals surface area contributed by atoms with Crippen molar-refractivity contribution in [3.8, 4) is 28.0 Å². The summed E-state index contributed by atoms with van der Waals surface area (Å²) in [6.07, 6.45) is 12.0. The second kappa shape index (κ2) is 27.4. The maximum Gasteiger partial charge on any atom is 0.333 e. The van der Waals surface area contributed by atoms with E-state index in [0.29, 0.717) is 54.9 Å². The lowest BCUT2D eigenvalue weighted by Gasteiger charge is -2.31. The Morgan fingerprint density at radius 2 is 1.17 bits per heavy atom. The van der Waals surface area contributed by atoms with Crippen LogP contribution in [-0.2, 0) is 57.4 Å². The van der Waals surface area contributed by atoms with Crippen LogP contribution in [0.25, 0.3) is 22.3 Å². The molecule has 3 aromatic rings. The predicted molar refractivity (Wildman–Crippen MR) is 270 cm³/mol. The van der Waals surface area contributed by atoms with Crippen molar-refractivity contribution in [1.82, 2.24) is 0 Å². The summed E-state index contributed by atoms with van der Waals surface area (Å²) in [7, 11) is 0. The molecule has 1 fully saturated rings. The van der Waals surface area contributed by atoms with E-state index < -0.39 is 35.9 Å². The van der Waals surface area contributed by atoms with Crippen LogP contribution in [-0.4, -0.2) is 68.6 Å². The first-order chi connectivity index (χ1) is 32.9. The lowest BCUT2D eigenvalue weighted by Crippen LogP contribution is -2.43. The minimum absolute atomic E-state index is 0.108. The third-order valence-electron chi connectivity index (χ3n) is 12.8. The number of esters is 4. The Kier molecular flexibility index (Phi) is 22.1. The first kappa shape index (κ1) is 55.8. The second-order valence-corrected chi connectivity index (χ2v) is 19.0. The fourth-order valence-corrected chi connectivity index (χ4v) is 8.54. The van der Waals surface area contributed by atoms with Gasteiger partial charge in [-0.1, -0.05) is 96.2 Å². The zero-order valence-corrected chi connectivity index (χ0v) is 42.0. The average molecular weight is 951 g/mol. The Morgan fingerprint density at radius 1 is 0.623 bits per heavy atom. The van der Waals surface area contributed by atoms with Gasteiger partial charge in [0.15, 0.2) is 0 Å². The summed E-state index contributed by atoms with van der Waals surface area (Å²) in [5.74, 6) is -1.03. The van der Waals surface area contributed by atoms with Crippen LogP contribution in [0.2, 0.25) is 0 Å². The highest BCUT2D eigenvalue weighted by Crippen LogP contribution is 2.41. The number of benzene rings is 3. The fraction of sp³-hybridized carbons (Fsp3) is 0.483. The van der Waals surface area contributed by atoms with Gasteiger partial charge in [-0.3, -0.25) is 0 Å². The van der Waals surface area contributed by atoms with Crippen molar-refractivity contribution >= 4 is 23.9 Å². The van der Waals surface area contributed by atoms with Gasteiger partial charge in [0, 0.05) is 27.9 Å². The molecule has 10 nitrogen and oxygen atoms in total. The minimum atomic E-state index is -1.36. The average Bonchev–Trinajstić information content (AvgIpc) is 3.33. The van der Waals surface area contributed by atoms with Crippen LogP contribution >= 0.6 is 0 Å². The lowest BCUT2D eigenvalue weighted by molar-refractivity contribution is -0.153. The summed E-state index contributed by atoms with van der Waals surface area (Å²) < 4.78 is 44.8. The van der Waals surface area contributed by atoms with Crippen LogP contribution < -0.4 is 4.74 Å². The number of aliphatic hydroxyl groups excluding tert-OH is 1. The molecule has 1 saturated carbocycles. The summed E-state index contributed by atoms with van der Waals surface area (Å²) in [6, 6.07) is 15.6. The number of rotatable bonds is 28. The van der Waals surface area contributed by atoms with E-state index in [0.717, 1.165) is 57.7 Å². The highest BCUT2D eigenvalue weighted by molar-refractivity contribution is 5.88. The molecule has 0 aromatic heterocycles. The van der Waals surface area contributed by atoms with Gasteiger partial charge in [-0.2, -0.15) is 0 Å². The maximum absolute atomic E-state index is 16.5. The molecule has 0 heterocycles. The maximum atomic E-state index is 16.5. The zero-order valence-electron chi connectivity index (χ0n) is 42.0. The molecule has 4 rings (SSSR count). The summed E-state index contributed by atoms with van der Waals surface area (Å²) in [6.45, 7) is 23.9. The molecule has 11 heteroatoms. The fourth-order valence-electron chi connectivity index (χ4n) is 8.54. The van der Waals surface area contributed by atoms with Crippen LogP contribution in [0, 0.1) is 17.2 Å². The molecule has 0 atom stereocenters. The number of aliphatic hydroxyl groups is 1. The second-order valence-electron chi connectivity index (χ2n) is 19.0. The Morgan fingerprint density at radius 3 is 1.70 bits per heavy atom. The molecular weight excluding hydrogens is 876 g/mol. The normalized spacial score (nSPS) is 14.6. The van der Waals surface area contributed by atoms with E-state index in [1.54, 1.807) is 19.9 Å². The standard InChI is InChI=1S/C58H75FO10/c1-11-13-14-17-42-20-22-44(23-21-42)45-24-26-49(52(59)33-45)51-32-46(18-15-28-65-54(61)38(3)4)50(31-43(51)12-2)47-25-27-53(48(30-47)19-16-29-66-55(62)39(5)6)67-35-58(34-60,36-68-56(63)40(7)8)37-69-57(64)41(9)10/h24-27,30-33,42,44,60H,3,5,7,9,11-23,28-29,34-37H2,1-2,4,6,8,10H3. The van der Waals surface area contributed by atoms with Gasteiger partial charge in [0.2, 0.25) is 0 Å². The SMILES string of the molecule is C=C(C)C(=O)OCCCc1cc(-c2cc(CC)c(-c3ccc(C4CCC(CCCCC)CC4)cc3F)cc2CCCOC(=O)C(=C)C)ccc1OCC(CO)(COC(=O)C(=C)C)COC(=O)C(=C)C. The van der Waals surface area contributed by atoms with Crippen LogP contribution in [0.3, 0.4) is 0 Å². The summed E-state index contributed by atoms with van der Waals surface area (Å²) in [5, 5.41) is 10.7. The van der Waals surface area contributed by atoms with Gasteiger partial charge < -0.3 is 28.8 Å². The smallest absolute Gasteiger partial charge is 0.333 e. The quantitative estimate of drug-likeness (QED) is 0.0324. The third-order valence-corrected chi connectivity index (χ3v) is 12.8. The van der Waals surface area contributed by atoms with Crippen molar-refractivity contribution in [2.24, 2.45) is 11.3 Å². The Hall–Kier alpha value is -5.81. The van der Waals surface area contributed by atoms with Crippen molar-refractivity contribution in [2.75, 3.05) is 39.6 Å².